The lowest BCUT2D eigenvalue weighted by Gasteiger charge is -2.33. The molecule has 0 spiro atoms. The monoisotopic (exact) mass is 205 g/mol. The van der Waals surface area contributed by atoms with Crippen molar-refractivity contribution in [3.63, 3.8) is 0 Å². The van der Waals surface area contributed by atoms with E-state index in [0.717, 1.165) is 11.4 Å². The standard InChI is InChI=1S/C11H15N3O/c1-7(2)14-10-5-8(12)3-4-9(10)13-6-11(14)15/h3-5,7,13H,6,12H2,1-2H3. The first kappa shape index (κ1) is 9.83. The number of hydrogen-bond donors (Lipinski definition) is 2. The van der Waals surface area contributed by atoms with Gasteiger partial charge >= 0.3 is 0 Å². The molecule has 0 radical (unpaired) electrons. The Labute approximate surface area is 89.1 Å². The van der Waals surface area contributed by atoms with Crippen LogP contribution in [0.4, 0.5) is 17.1 Å². The minimum absolute atomic E-state index is 0.0862. The van der Waals surface area contributed by atoms with Crippen molar-refractivity contribution >= 4 is 23.0 Å². The molecule has 1 aliphatic heterocycles. The van der Waals surface area contributed by atoms with Crippen LogP contribution in [-0.4, -0.2) is 18.5 Å². The molecule has 1 aromatic rings. The molecule has 0 aliphatic carbocycles. The highest BCUT2D eigenvalue weighted by atomic mass is 16.2. The Balaban J connectivity index is 2.50. The number of anilines is 3. The molecule has 1 aromatic carbocycles. The van der Waals surface area contributed by atoms with Gasteiger partial charge in [-0.05, 0) is 32.0 Å². The quantitative estimate of drug-likeness (QED) is 0.682. The topological polar surface area (TPSA) is 58.4 Å². The number of nitrogens with two attached hydrogens (primary N) is 1. The van der Waals surface area contributed by atoms with Crippen LogP contribution in [-0.2, 0) is 4.79 Å². The van der Waals surface area contributed by atoms with Gasteiger partial charge in [-0.1, -0.05) is 0 Å². The fourth-order valence-electron chi connectivity index (χ4n) is 1.85. The van der Waals surface area contributed by atoms with Gasteiger partial charge in [0, 0.05) is 11.7 Å². The van der Waals surface area contributed by atoms with E-state index in [1.54, 1.807) is 4.90 Å². The van der Waals surface area contributed by atoms with Crippen LogP contribution in [0.2, 0.25) is 0 Å². The smallest absolute Gasteiger partial charge is 0.246 e. The Morgan fingerprint density at radius 1 is 1.47 bits per heavy atom. The minimum atomic E-state index is 0.0862. The number of nitrogens with zero attached hydrogens (tertiary/aromatic N) is 1. The van der Waals surface area contributed by atoms with Gasteiger partial charge in [0.1, 0.15) is 0 Å². The number of rotatable bonds is 1. The van der Waals surface area contributed by atoms with Crippen LogP contribution in [0, 0.1) is 0 Å². The zero-order valence-corrected chi connectivity index (χ0v) is 8.95. The predicted octanol–water partition coefficient (Wildman–Crippen LogP) is 1.44. The summed E-state index contributed by atoms with van der Waals surface area (Å²) in [6.45, 7) is 4.35. The summed E-state index contributed by atoms with van der Waals surface area (Å²) in [7, 11) is 0. The number of nitrogens with one attached hydrogen (secondary N) is 1. The van der Waals surface area contributed by atoms with E-state index >= 15 is 0 Å². The summed E-state index contributed by atoms with van der Waals surface area (Å²) in [4.78, 5) is 13.5. The summed E-state index contributed by atoms with van der Waals surface area (Å²) >= 11 is 0. The highest BCUT2D eigenvalue weighted by molar-refractivity contribution is 6.03. The number of nitrogen functional groups attached to an aromatic ring is 1. The molecule has 4 nitrogen and oxygen atoms in total. The van der Waals surface area contributed by atoms with Gasteiger partial charge in [-0.3, -0.25) is 4.79 Å². The zero-order valence-electron chi connectivity index (χ0n) is 8.95. The maximum atomic E-state index is 11.7. The summed E-state index contributed by atoms with van der Waals surface area (Å²) in [6.07, 6.45) is 0. The molecule has 2 rings (SSSR count). The summed E-state index contributed by atoms with van der Waals surface area (Å²) in [6, 6.07) is 5.73. The number of fused-ring (bicyclic) bond motifs is 1. The first-order valence-electron chi connectivity index (χ1n) is 5.05. The third-order valence-corrected chi connectivity index (χ3v) is 2.50. The number of carbonyl (C=O) groups is 1. The zero-order chi connectivity index (χ0) is 11.0. The van der Waals surface area contributed by atoms with Crippen molar-refractivity contribution in [2.24, 2.45) is 0 Å². The fourth-order valence-corrected chi connectivity index (χ4v) is 1.85. The van der Waals surface area contributed by atoms with E-state index < -0.39 is 0 Å². The van der Waals surface area contributed by atoms with Crippen molar-refractivity contribution < 1.29 is 4.79 Å². The maximum Gasteiger partial charge on any atom is 0.246 e. The summed E-state index contributed by atoms with van der Waals surface area (Å²) in [5, 5.41) is 3.08. The SMILES string of the molecule is CC(C)N1C(=O)CNc2ccc(N)cc21. The molecule has 0 aromatic heterocycles. The van der Waals surface area contributed by atoms with Gasteiger partial charge in [0.2, 0.25) is 5.91 Å². The van der Waals surface area contributed by atoms with Gasteiger partial charge in [-0.2, -0.15) is 0 Å². The van der Waals surface area contributed by atoms with Crippen molar-refractivity contribution in [2.75, 3.05) is 22.5 Å². The average molecular weight is 205 g/mol. The minimum Gasteiger partial charge on any atom is -0.399 e. The second kappa shape index (κ2) is 3.46. The average Bonchev–Trinajstić information content (AvgIpc) is 2.16. The maximum absolute atomic E-state index is 11.7. The highest BCUT2D eigenvalue weighted by Crippen LogP contribution is 2.32. The van der Waals surface area contributed by atoms with Gasteiger partial charge in [0.05, 0.1) is 17.9 Å². The van der Waals surface area contributed by atoms with E-state index in [2.05, 4.69) is 5.32 Å². The van der Waals surface area contributed by atoms with Crippen molar-refractivity contribution in [3.05, 3.63) is 18.2 Å². The summed E-state index contributed by atoms with van der Waals surface area (Å²) in [5.41, 5.74) is 8.25. The Morgan fingerprint density at radius 3 is 2.87 bits per heavy atom. The lowest BCUT2D eigenvalue weighted by molar-refractivity contribution is -0.117. The Kier molecular flexibility index (Phi) is 2.26. The first-order valence-corrected chi connectivity index (χ1v) is 5.05. The van der Waals surface area contributed by atoms with E-state index in [-0.39, 0.29) is 11.9 Å². The molecule has 1 heterocycles. The van der Waals surface area contributed by atoms with E-state index in [9.17, 15) is 4.79 Å². The first-order chi connectivity index (χ1) is 7.09. The normalized spacial score (nSPS) is 15.1. The van der Waals surface area contributed by atoms with E-state index in [0.29, 0.717) is 12.2 Å². The van der Waals surface area contributed by atoms with Crippen LogP contribution in [0.15, 0.2) is 18.2 Å². The Morgan fingerprint density at radius 2 is 2.20 bits per heavy atom. The number of carbonyl (C=O) groups excluding carboxylic acids is 1. The summed E-state index contributed by atoms with van der Waals surface area (Å²) in [5.74, 6) is 0.0862. The Bertz CT molecular complexity index is 401. The lowest BCUT2D eigenvalue weighted by Crippen LogP contribution is -2.44. The largest absolute Gasteiger partial charge is 0.399 e. The molecule has 1 aliphatic rings. The molecule has 15 heavy (non-hydrogen) atoms. The van der Waals surface area contributed by atoms with E-state index in [4.69, 9.17) is 5.73 Å². The van der Waals surface area contributed by atoms with Crippen LogP contribution >= 0.6 is 0 Å². The van der Waals surface area contributed by atoms with E-state index in [1.165, 1.54) is 0 Å². The van der Waals surface area contributed by atoms with E-state index in [1.807, 2.05) is 32.0 Å². The molecule has 4 heteroatoms. The van der Waals surface area contributed by atoms with Crippen molar-refractivity contribution in [3.8, 4) is 0 Å². The van der Waals surface area contributed by atoms with Gasteiger partial charge < -0.3 is 16.0 Å². The summed E-state index contributed by atoms with van der Waals surface area (Å²) < 4.78 is 0. The van der Waals surface area contributed by atoms with Crippen LogP contribution < -0.4 is 16.0 Å². The Hall–Kier alpha value is -1.71. The van der Waals surface area contributed by atoms with Gasteiger partial charge in [-0.25, -0.2) is 0 Å². The van der Waals surface area contributed by atoms with Crippen LogP contribution in [0.5, 0.6) is 0 Å². The van der Waals surface area contributed by atoms with Crippen molar-refractivity contribution in [2.45, 2.75) is 19.9 Å². The number of amides is 1. The number of hydrogen-bond acceptors (Lipinski definition) is 3. The third-order valence-electron chi connectivity index (χ3n) is 2.50. The van der Waals surface area contributed by atoms with Crippen LogP contribution in [0.3, 0.4) is 0 Å². The molecule has 0 atom stereocenters. The molecule has 0 saturated heterocycles. The highest BCUT2D eigenvalue weighted by Gasteiger charge is 2.25. The van der Waals surface area contributed by atoms with Gasteiger partial charge in [0.25, 0.3) is 0 Å². The molecular weight excluding hydrogens is 190 g/mol. The molecule has 1 amide bonds. The second-order valence-electron chi connectivity index (χ2n) is 3.99. The third kappa shape index (κ3) is 1.63. The molecule has 0 unspecified atom stereocenters. The molecule has 0 bridgehead atoms. The second-order valence-corrected chi connectivity index (χ2v) is 3.99. The van der Waals surface area contributed by atoms with Crippen LogP contribution in [0.25, 0.3) is 0 Å². The van der Waals surface area contributed by atoms with Crippen LogP contribution in [0.1, 0.15) is 13.8 Å². The molecule has 0 fully saturated rings. The fraction of sp³-hybridized carbons (Fsp3) is 0.364. The van der Waals surface area contributed by atoms with Crippen molar-refractivity contribution in [1.82, 2.24) is 0 Å². The molecule has 3 N–H and O–H groups in total. The molecular formula is C11H15N3O. The van der Waals surface area contributed by atoms with Crippen molar-refractivity contribution in [1.29, 1.82) is 0 Å². The lowest BCUT2D eigenvalue weighted by atomic mass is 10.1. The number of benzene rings is 1. The molecule has 0 saturated carbocycles. The van der Waals surface area contributed by atoms with Gasteiger partial charge in [0.15, 0.2) is 0 Å². The molecule has 80 valence electrons. The van der Waals surface area contributed by atoms with Gasteiger partial charge in [-0.15, -0.1) is 0 Å². The predicted molar refractivity (Wildman–Crippen MR) is 62.0 cm³/mol.